The third-order valence-corrected chi connectivity index (χ3v) is 6.20. The molecule has 9 nitrogen and oxygen atoms in total. The van der Waals surface area contributed by atoms with Gasteiger partial charge in [0.1, 0.15) is 17.7 Å². The largest absolute Gasteiger partial charge is 0.466 e. The van der Waals surface area contributed by atoms with E-state index < -0.39 is 29.7 Å². The molecule has 37 heavy (non-hydrogen) atoms. The summed E-state index contributed by atoms with van der Waals surface area (Å²) in [5.74, 6) is -1.29. The van der Waals surface area contributed by atoms with Gasteiger partial charge < -0.3 is 25.0 Å². The molecule has 0 radical (unpaired) electrons. The lowest BCUT2D eigenvalue weighted by atomic mass is 9.95. The molecule has 1 saturated carbocycles. The first-order valence-corrected chi connectivity index (χ1v) is 13.2. The quantitative estimate of drug-likeness (QED) is 0.405. The van der Waals surface area contributed by atoms with Gasteiger partial charge in [-0.25, -0.2) is 4.79 Å². The van der Waals surface area contributed by atoms with Crippen LogP contribution >= 0.6 is 0 Å². The van der Waals surface area contributed by atoms with Gasteiger partial charge in [-0.1, -0.05) is 50.1 Å². The number of esters is 1. The Morgan fingerprint density at radius 2 is 1.70 bits per heavy atom. The van der Waals surface area contributed by atoms with Crippen molar-refractivity contribution in [3.8, 4) is 0 Å². The molecule has 0 heterocycles. The SMILES string of the molecule is CCOC(=O)CCNC(=O)C(c1ccc(C)cc1)N(C(=O)C(NC(=O)OC(C)(C)C)C(C)CC)C1CC1. The number of alkyl carbamates (subject to hydrolysis) is 1. The number of aryl methyl sites for hydroxylation is 1. The lowest BCUT2D eigenvalue weighted by molar-refractivity contribution is -0.145. The van der Waals surface area contributed by atoms with Crippen molar-refractivity contribution in [1.29, 1.82) is 0 Å². The molecule has 3 atom stereocenters. The Kier molecular flexibility index (Phi) is 10.9. The predicted molar refractivity (Wildman–Crippen MR) is 141 cm³/mol. The van der Waals surface area contributed by atoms with Crippen molar-refractivity contribution in [3.63, 3.8) is 0 Å². The van der Waals surface area contributed by atoms with Gasteiger partial charge in [0.05, 0.1) is 13.0 Å². The zero-order chi connectivity index (χ0) is 27.8. The van der Waals surface area contributed by atoms with Gasteiger partial charge in [-0.2, -0.15) is 0 Å². The van der Waals surface area contributed by atoms with E-state index in [-0.39, 0.29) is 43.3 Å². The summed E-state index contributed by atoms with van der Waals surface area (Å²) in [7, 11) is 0. The van der Waals surface area contributed by atoms with Crippen molar-refractivity contribution in [2.75, 3.05) is 13.2 Å². The Morgan fingerprint density at radius 3 is 2.22 bits per heavy atom. The first-order valence-electron chi connectivity index (χ1n) is 13.2. The first-order chi connectivity index (χ1) is 17.4. The van der Waals surface area contributed by atoms with Gasteiger partial charge in [0.25, 0.3) is 0 Å². The number of carbonyl (C=O) groups excluding carboxylic acids is 4. The monoisotopic (exact) mass is 517 g/mol. The second kappa shape index (κ2) is 13.4. The standard InChI is InChI=1S/C28H43N3O6/c1-8-19(4)23(30-27(35)37-28(5,6)7)26(34)31(21-14-15-21)24(20-12-10-18(3)11-13-20)25(33)29-17-16-22(32)36-9-2/h10-13,19,21,23-24H,8-9,14-17H2,1-7H3,(H,29,33)(H,30,35). The Hall–Kier alpha value is -3.10. The minimum atomic E-state index is -0.908. The minimum Gasteiger partial charge on any atom is -0.466 e. The molecule has 1 aliphatic rings. The van der Waals surface area contributed by atoms with Crippen LogP contribution in [0.2, 0.25) is 0 Å². The Labute approximate surface area is 220 Å². The maximum absolute atomic E-state index is 14.1. The van der Waals surface area contributed by atoms with Crippen molar-refractivity contribution >= 4 is 23.9 Å². The molecule has 1 aromatic carbocycles. The smallest absolute Gasteiger partial charge is 0.408 e. The number of rotatable bonds is 12. The van der Waals surface area contributed by atoms with E-state index in [9.17, 15) is 19.2 Å². The van der Waals surface area contributed by atoms with Crippen LogP contribution in [0.5, 0.6) is 0 Å². The molecule has 0 bridgehead atoms. The Morgan fingerprint density at radius 1 is 1.08 bits per heavy atom. The van der Waals surface area contributed by atoms with E-state index in [0.29, 0.717) is 12.0 Å². The fourth-order valence-electron chi connectivity index (χ4n) is 3.95. The molecule has 2 rings (SSSR count). The average Bonchev–Trinajstić information content (AvgIpc) is 3.65. The second-order valence-electron chi connectivity index (χ2n) is 10.6. The van der Waals surface area contributed by atoms with Crippen molar-refractivity contribution in [3.05, 3.63) is 35.4 Å². The van der Waals surface area contributed by atoms with Crippen molar-refractivity contribution in [1.82, 2.24) is 15.5 Å². The van der Waals surface area contributed by atoms with E-state index in [1.807, 2.05) is 45.0 Å². The van der Waals surface area contributed by atoms with Crippen molar-refractivity contribution < 1.29 is 28.7 Å². The van der Waals surface area contributed by atoms with Gasteiger partial charge in [-0.3, -0.25) is 14.4 Å². The molecule has 3 unspecified atom stereocenters. The maximum atomic E-state index is 14.1. The van der Waals surface area contributed by atoms with Gasteiger partial charge in [0, 0.05) is 12.6 Å². The Bertz CT molecular complexity index is 936. The number of hydrogen-bond acceptors (Lipinski definition) is 6. The fraction of sp³-hybridized carbons (Fsp3) is 0.643. The molecule has 0 saturated heterocycles. The molecule has 1 aromatic rings. The van der Waals surface area contributed by atoms with E-state index >= 15 is 0 Å². The molecule has 3 amide bonds. The zero-order valence-electron chi connectivity index (χ0n) is 23.3. The van der Waals surface area contributed by atoms with E-state index in [4.69, 9.17) is 9.47 Å². The van der Waals surface area contributed by atoms with Gasteiger partial charge >= 0.3 is 12.1 Å². The molecule has 1 fully saturated rings. The topological polar surface area (TPSA) is 114 Å². The van der Waals surface area contributed by atoms with E-state index in [1.54, 1.807) is 32.6 Å². The highest BCUT2D eigenvalue weighted by Gasteiger charge is 2.45. The van der Waals surface area contributed by atoms with Crippen molar-refractivity contribution in [2.24, 2.45) is 5.92 Å². The van der Waals surface area contributed by atoms with Gasteiger partial charge in [-0.15, -0.1) is 0 Å². The van der Waals surface area contributed by atoms with Gasteiger partial charge in [0.15, 0.2) is 0 Å². The summed E-state index contributed by atoms with van der Waals surface area (Å²) < 4.78 is 10.4. The highest BCUT2D eigenvalue weighted by atomic mass is 16.6. The molecular formula is C28H43N3O6. The molecular weight excluding hydrogens is 474 g/mol. The summed E-state index contributed by atoms with van der Waals surface area (Å²) in [5, 5.41) is 5.58. The molecule has 0 aliphatic heterocycles. The summed E-state index contributed by atoms with van der Waals surface area (Å²) >= 11 is 0. The lowest BCUT2D eigenvalue weighted by Crippen LogP contribution is -2.56. The van der Waals surface area contributed by atoms with Crippen LogP contribution in [0.1, 0.15) is 84.4 Å². The molecule has 206 valence electrons. The molecule has 0 aromatic heterocycles. The van der Waals surface area contributed by atoms with Crippen LogP contribution in [-0.4, -0.2) is 59.6 Å². The summed E-state index contributed by atoms with van der Waals surface area (Å²) in [6, 6.07) is 5.58. The molecule has 2 N–H and O–H groups in total. The zero-order valence-corrected chi connectivity index (χ0v) is 23.3. The van der Waals surface area contributed by atoms with Gasteiger partial charge in [0.2, 0.25) is 11.8 Å². The molecule has 1 aliphatic carbocycles. The van der Waals surface area contributed by atoms with E-state index in [1.165, 1.54) is 0 Å². The van der Waals surface area contributed by atoms with Gasteiger partial charge in [-0.05, 0) is 58.9 Å². The number of ether oxygens (including phenoxy) is 2. The number of nitrogens with one attached hydrogen (secondary N) is 2. The first kappa shape index (κ1) is 30.1. The number of benzene rings is 1. The van der Waals surface area contributed by atoms with Crippen LogP contribution in [0.3, 0.4) is 0 Å². The molecule has 0 spiro atoms. The van der Waals surface area contributed by atoms with Crippen LogP contribution in [0.15, 0.2) is 24.3 Å². The van der Waals surface area contributed by atoms with Crippen molar-refractivity contribution in [2.45, 2.75) is 97.9 Å². The minimum absolute atomic E-state index is 0.0350. The summed E-state index contributed by atoms with van der Waals surface area (Å²) in [4.78, 5) is 53.7. The third-order valence-electron chi connectivity index (χ3n) is 6.20. The third kappa shape index (κ3) is 9.37. The van der Waals surface area contributed by atoms with Crippen LogP contribution < -0.4 is 10.6 Å². The highest BCUT2D eigenvalue weighted by Crippen LogP contribution is 2.36. The van der Waals surface area contributed by atoms with E-state index in [0.717, 1.165) is 18.4 Å². The normalized spacial score (nSPS) is 15.6. The number of carbonyl (C=O) groups is 4. The second-order valence-corrected chi connectivity index (χ2v) is 10.6. The number of amides is 3. The maximum Gasteiger partial charge on any atom is 0.408 e. The number of nitrogens with zero attached hydrogens (tertiary/aromatic N) is 1. The average molecular weight is 518 g/mol. The van der Waals surface area contributed by atoms with Crippen LogP contribution in [0.25, 0.3) is 0 Å². The van der Waals surface area contributed by atoms with Crippen LogP contribution in [0.4, 0.5) is 4.79 Å². The summed E-state index contributed by atoms with van der Waals surface area (Å²) in [5.41, 5.74) is 0.977. The Balaban J connectivity index is 2.37. The predicted octanol–water partition coefficient (Wildman–Crippen LogP) is 4.04. The van der Waals surface area contributed by atoms with E-state index in [2.05, 4.69) is 10.6 Å². The number of hydrogen-bond donors (Lipinski definition) is 2. The van der Waals surface area contributed by atoms with Crippen LogP contribution in [0, 0.1) is 12.8 Å². The lowest BCUT2D eigenvalue weighted by Gasteiger charge is -2.36. The van der Waals surface area contributed by atoms with Crippen LogP contribution in [-0.2, 0) is 23.9 Å². The fourth-order valence-corrected chi connectivity index (χ4v) is 3.95. The highest BCUT2D eigenvalue weighted by molar-refractivity contribution is 5.93. The summed E-state index contributed by atoms with van der Waals surface area (Å²) in [6.45, 7) is 13.2. The summed E-state index contributed by atoms with van der Waals surface area (Å²) in [6.07, 6.45) is 1.54. The molecule has 9 heteroatoms.